The summed E-state index contributed by atoms with van der Waals surface area (Å²) < 4.78 is 51.7. The molecule has 1 N–H and O–H groups in total. The average Bonchev–Trinajstić information content (AvgIpc) is 2.62. The second kappa shape index (κ2) is 9.34. The first-order chi connectivity index (χ1) is 13.1. The quantitative estimate of drug-likeness (QED) is 0.651. The van der Waals surface area contributed by atoms with Crippen LogP contribution >= 0.6 is 11.6 Å². The number of sulfonamides is 1. The predicted octanol–water partition coefficient (Wildman–Crippen LogP) is 3.52. The molecule has 152 valence electrons. The molecule has 0 spiro atoms. The van der Waals surface area contributed by atoms with E-state index < -0.39 is 33.6 Å². The summed E-state index contributed by atoms with van der Waals surface area (Å²) in [5.41, 5.74) is 0.825. The Morgan fingerprint density at radius 1 is 1.18 bits per heavy atom. The van der Waals surface area contributed by atoms with Crippen LogP contribution in [0.4, 0.5) is 14.5 Å². The summed E-state index contributed by atoms with van der Waals surface area (Å²) in [6.45, 7) is 1.69. The Bertz CT molecular complexity index is 954. The van der Waals surface area contributed by atoms with Crippen LogP contribution in [-0.4, -0.2) is 33.2 Å². The number of anilines is 1. The van der Waals surface area contributed by atoms with Crippen LogP contribution in [0.1, 0.15) is 18.9 Å². The summed E-state index contributed by atoms with van der Waals surface area (Å²) in [6, 6.07) is 8.90. The number of aryl methyl sites for hydroxylation is 1. The Hall–Kier alpha value is -2.19. The second-order valence-electron chi connectivity index (χ2n) is 6.32. The van der Waals surface area contributed by atoms with Crippen molar-refractivity contribution >= 4 is 33.2 Å². The third-order valence-corrected chi connectivity index (χ3v) is 5.74. The van der Waals surface area contributed by atoms with E-state index in [0.717, 1.165) is 34.3 Å². The van der Waals surface area contributed by atoms with Crippen molar-refractivity contribution in [1.82, 2.24) is 5.32 Å². The summed E-state index contributed by atoms with van der Waals surface area (Å²) in [5.74, 6) is -2.85. The van der Waals surface area contributed by atoms with E-state index in [0.29, 0.717) is 24.4 Å². The summed E-state index contributed by atoms with van der Waals surface area (Å²) >= 11 is 6.08. The smallest absolute Gasteiger partial charge is 0.243 e. The van der Waals surface area contributed by atoms with Crippen molar-refractivity contribution < 1.29 is 22.0 Å². The maximum absolute atomic E-state index is 13.5. The maximum Gasteiger partial charge on any atom is 0.243 e. The second-order valence-corrected chi connectivity index (χ2v) is 8.59. The highest BCUT2D eigenvalue weighted by atomic mass is 35.5. The van der Waals surface area contributed by atoms with Crippen molar-refractivity contribution in [3.63, 3.8) is 0 Å². The summed E-state index contributed by atoms with van der Waals surface area (Å²) in [7, 11) is -3.91. The molecule has 28 heavy (non-hydrogen) atoms. The lowest BCUT2D eigenvalue weighted by Gasteiger charge is -2.28. The lowest BCUT2D eigenvalue weighted by molar-refractivity contribution is -0.121. The van der Waals surface area contributed by atoms with E-state index in [9.17, 15) is 22.0 Å². The molecule has 0 saturated heterocycles. The zero-order chi connectivity index (χ0) is 20.9. The van der Waals surface area contributed by atoms with Crippen LogP contribution in [0.15, 0.2) is 42.5 Å². The molecule has 0 aliphatic heterocycles. The molecule has 0 saturated carbocycles. The highest BCUT2D eigenvalue weighted by Gasteiger charge is 2.29. The van der Waals surface area contributed by atoms with Gasteiger partial charge in [-0.05, 0) is 43.5 Å². The van der Waals surface area contributed by atoms with Crippen LogP contribution < -0.4 is 9.62 Å². The van der Waals surface area contributed by atoms with Crippen molar-refractivity contribution in [3.05, 3.63) is 64.7 Å². The number of amides is 1. The van der Waals surface area contributed by atoms with Gasteiger partial charge in [0.25, 0.3) is 0 Å². The van der Waals surface area contributed by atoms with E-state index in [4.69, 9.17) is 11.6 Å². The predicted molar refractivity (Wildman–Crippen MR) is 106 cm³/mol. The number of nitrogens with zero attached hydrogens (tertiary/aromatic N) is 1. The fourth-order valence-electron chi connectivity index (χ4n) is 2.77. The molecule has 2 aromatic carbocycles. The van der Waals surface area contributed by atoms with Gasteiger partial charge in [-0.1, -0.05) is 29.8 Å². The molecule has 0 heterocycles. The number of halogens is 3. The zero-order valence-corrected chi connectivity index (χ0v) is 17.0. The molecule has 0 aromatic heterocycles. The van der Waals surface area contributed by atoms with Crippen molar-refractivity contribution in [2.75, 3.05) is 17.1 Å². The minimum atomic E-state index is -3.91. The summed E-state index contributed by atoms with van der Waals surface area (Å²) in [6.07, 6.45) is 2.15. The van der Waals surface area contributed by atoms with E-state index in [1.165, 1.54) is 6.92 Å². The summed E-state index contributed by atoms with van der Waals surface area (Å²) in [5, 5.41) is 3.31. The van der Waals surface area contributed by atoms with Crippen molar-refractivity contribution in [2.24, 2.45) is 0 Å². The van der Waals surface area contributed by atoms with E-state index in [-0.39, 0.29) is 5.69 Å². The molecule has 1 amide bonds. The SMILES string of the molecule is CC(C(=O)NCCCc1ccccc1Cl)N(c1ccc(F)c(F)c1)S(C)(=O)=O. The molecule has 9 heteroatoms. The van der Waals surface area contributed by atoms with Crippen LogP contribution in [0.2, 0.25) is 5.02 Å². The van der Waals surface area contributed by atoms with Gasteiger partial charge in [-0.15, -0.1) is 0 Å². The first-order valence-corrected chi connectivity index (χ1v) is 10.8. The molecular formula is C19H21ClF2N2O3S. The molecule has 2 aromatic rings. The van der Waals surface area contributed by atoms with Crippen molar-refractivity contribution in [3.8, 4) is 0 Å². The Labute approximate surface area is 168 Å². The number of carbonyl (C=O) groups is 1. The Balaban J connectivity index is 2.03. The topological polar surface area (TPSA) is 66.5 Å². The largest absolute Gasteiger partial charge is 0.354 e. The van der Waals surface area contributed by atoms with Gasteiger partial charge in [0, 0.05) is 17.6 Å². The normalized spacial score (nSPS) is 12.5. The first-order valence-electron chi connectivity index (χ1n) is 8.57. The maximum atomic E-state index is 13.5. The molecule has 0 aliphatic rings. The van der Waals surface area contributed by atoms with Gasteiger partial charge >= 0.3 is 0 Å². The summed E-state index contributed by atoms with van der Waals surface area (Å²) in [4.78, 5) is 12.4. The number of benzene rings is 2. The van der Waals surface area contributed by atoms with Crippen molar-refractivity contribution in [1.29, 1.82) is 0 Å². The van der Waals surface area contributed by atoms with Crippen LogP contribution in [0.3, 0.4) is 0 Å². The van der Waals surface area contributed by atoms with Crippen LogP contribution in [0.25, 0.3) is 0 Å². The Morgan fingerprint density at radius 3 is 2.46 bits per heavy atom. The number of rotatable bonds is 8. The van der Waals surface area contributed by atoms with Gasteiger partial charge in [-0.2, -0.15) is 0 Å². The molecule has 2 rings (SSSR count). The van der Waals surface area contributed by atoms with Crippen LogP contribution in [0.5, 0.6) is 0 Å². The van der Waals surface area contributed by atoms with E-state index >= 15 is 0 Å². The highest BCUT2D eigenvalue weighted by Crippen LogP contribution is 2.23. The van der Waals surface area contributed by atoms with E-state index in [1.807, 2.05) is 18.2 Å². The van der Waals surface area contributed by atoms with Gasteiger partial charge in [-0.25, -0.2) is 17.2 Å². The minimum Gasteiger partial charge on any atom is -0.354 e. The monoisotopic (exact) mass is 430 g/mol. The van der Waals surface area contributed by atoms with Gasteiger partial charge in [0.1, 0.15) is 6.04 Å². The molecule has 0 aliphatic carbocycles. The molecule has 1 atom stereocenters. The highest BCUT2D eigenvalue weighted by molar-refractivity contribution is 7.92. The Morgan fingerprint density at radius 2 is 1.86 bits per heavy atom. The first kappa shape index (κ1) is 22.1. The number of hydrogen-bond donors (Lipinski definition) is 1. The molecule has 1 unspecified atom stereocenters. The zero-order valence-electron chi connectivity index (χ0n) is 15.5. The number of hydrogen-bond acceptors (Lipinski definition) is 3. The number of carbonyl (C=O) groups excluding carboxylic acids is 1. The Kier molecular flexibility index (Phi) is 7.37. The van der Waals surface area contributed by atoms with Gasteiger partial charge in [0.15, 0.2) is 11.6 Å². The van der Waals surface area contributed by atoms with E-state index in [2.05, 4.69) is 5.32 Å². The fourth-order valence-corrected chi connectivity index (χ4v) is 4.17. The third-order valence-electron chi connectivity index (χ3n) is 4.13. The molecule has 5 nitrogen and oxygen atoms in total. The van der Waals surface area contributed by atoms with Gasteiger partial charge in [-0.3, -0.25) is 9.10 Å². The van der Waals surface area contributed by atoms with Gasteiger partial charge in [0.2, 0.25) is 15.9 Å². The molecule has 0 fully saturated rings. The standard InChI is InChI=1S/C19H21ClF2N2O3S/c1-13(19(25)23-11-5-7-14-6-3-4-8-16(14)20)24(28(2,26)27)15-9-10-17(21)18(22)12-15/h3-4,6,8-10,12-13H,5,7,11H2,1-2H3,(H,23,25). The average molecular weight is 431 g/mol. The molecular weight excluding hydrogens is 410 g/mol. The van der Waals surface area contributed by atoms with Gasteiger partial charge in [0.05, 0.1) is 11.9 Å². The third kappa shape index (κ3) is 5.65. The van der Waals surface area contributed by atoms with Crippen molar-refractivity contribution in [2.45, 2.75) is 25.8 Å². The molecule has 0 bridgehead atoms. The van der Waals surface area contributed by atoms with Gasteiger partial charge < -0.3 is 5.32 Å². The van der Waals surface area contributed by atoms with Crippen LogP contribution in [-0.2, 0) is 21.2 Å². The van der Waals surface area contributed by atoms with Crippen LogP contribution in [0, 0.1) is 11.6 Å². The number of nitrogens with one attached hydrogen (secondary N) is 1. The minimum absolute atomic E-state index is 0.125. The fraction of sp³-hybridized carbons (Fsp3) is 0.316. The van der Waals surface area contributed by atoms with E-state index in [1.54, 1.807) is 6.07 Å². The lowest BCUT2D eigenvalue weighted by atomic mass is 10.1. The lowest BCUT2D eigenvalue weighted by Crippen LogP contribution is -2.48. The molecule has 0 radical (unpaired) electrons.